The van der Waals surface area contributed by atoms with Crippen molar-refractivity contribution in [1.82, 2.24) is 10.3 Å². The molecule has 1 heterocycles. The predicted octanol–water partition coefficient (Wildman–Crippen LogP) is 2.82. The van der Waals surface area contributed by atoms with Crippen LogP contribution in [0.5, 0.6) is 0 Å². The predicted molar refractivity (Wildman–Crippen MR) is 74.9 cm³/mol. The van der Waals surface area contributed by atoms with E-state index >= 15 is 0 Å². The molecule has 5 nitrogen and oxygen atoms in total. The lowest BCUT2D eigenvalue weighted by molar-refractivity contribution is 0.250. The fourth-order valence-electron chi connectivity index (χ4n) is 1.34. The van der Waals surface area contributed by atoms with E-state index < -0.39 is 0 Å². The molecule has 0 saturated heterocycles. The summed E-state index contributed by atoms with van der Waals surface area (Å²) in [5.74, 6) is 0.819. The van der Waals surface area contributed by atoms with Gasteiger partial charge in [0.25, 0.3) is 0 Å². The van der Waals surface area contributed by atoms with Crippen LogP contribution in [0.4, 0.5) is 16.3 Å². The summed E-state index contributed by atoms with van der Waals surface area (Å²) in [4.78, 5) is 15.7. The van der Waals surface area contributed by atoms with Crippen molar-refractivity contribution < 1.29 is 4.79 Å². The molecule has 0 saturated carbocycles. The molecular formula is C13H22N4O. The zero-order chi connectivity index (χ0) is 13.5. The Hall–Kier alpha value is -1.78. The van der Waals surface area contributed by atoms with Crippen LogP contribution in [-0.2, 0) is 0 Å². The molecule has 2 amide bonds. The second-order valence-corrected chi connectivity index (χ2v) is 4.64. The minimum absolute atomic E-state index is 0.115. The van der Waals surface area contributed by atoms with Crippen LogP contribution in [0, 0.1) is 0 Å². The number of amides is 2. The smallest absolute Gasteiger partial charge is 0.319 e. The molecule has 1 aromatic heterocycles. The van der Waals surface area contributed by atoms with Crippen LogP contribution < -0.4 is 16.0 Å². The van der Waals surface area contributed by atoms with Gasteiger partial charge in [-0.15, -0.1) is 0 Å². The molecule has 0 aliphatic carbocycles. The van der Waals surface area contributed by atoms with Crippen molar-refractivity contribution in [3.63, 3.8) is 0 Å². The van der Waals surface area contributed by atoms with Crippen molar-refractivity contribution in [1.29, 1.82) is 0 Å². The van der Waals surface area contributed by atoms with E-state index in [1.54, 1.807) is 6.20 Å². The quantitative estimate of drug-likeness (QED) is 0.752. The van der Waals surface area contributed by atoms with Gasteiger partial charge < -0.3 is 16.0 Å². The van der Waals surface area contributed by atoms with E-state index in [2.05, 4.69) is 34.8 Å². The summed E-state index contributed by atoms with van der Waals surface area (Å²) in [5, 5.41) is 8.75. The Balaban J connectivity index is 2.52. The van der Waals surface area contributed by atoms with E-state index in [0.717, 1.165) is 12.2 Å². The fourth-order valence-corrected chi connectivity index (χ4v) is 1.34. The molecule has 3 N–H and O–H groups in total. The zero-order valence-corrected chi connectivity index (χ0v) is 11.4. The summed E-state index contributed by atoms with van der Waals surface area (Å²) in [6.07, 6.45) is 2.68. The van der Waals surface area contributed by atoms with Crippen LogP contribution in [0.2, 0.25) is 0 Å². The monoisotopic (exact) mass is 250 g/mol. The van der Waals surface area contributed by atoms with Crippen LogP contribution in [-0.4, -0.2) is 23.1 Å². The van der Waals surface area contributed by atoms with E-state index in [1.807, 2.05) is 26.0 Å². The van der Waals surface area contributed by atoms with Gasteiger partial charge in [0.1, 0.15) is 5.82 Å². The number of pyridine rings is 1. The van der Waals surface area contributed by atoms with E-state index in [1.165, 1.54) is 0 Å². The number of carbonyl (C=O) groups excluding carboxylic acids is 1. The molecule has 0 radical (unpaired) electrons. The van der Waals surface area contributed by atoms with Crippen molar-refractivity contribution in [2.75, 3.05) is 10.6 Å². The highest BCUT2D eigenvalue weighted by molar-refractivity contribution is 5.89. The number of nitrogens with one attached hydrogen (secondary N) is 3. The number of carbonyl (C=O) groups is 1. The third-order valence-electron chi connectivity index (χ3n) is 2.45. The third-order valence-corrected chi connectivity index (χ3v) is 2.45. The molecular weight excluding hydrogens is 228 g/mol. The van der Waals surface area contributed by atoms with Crippen LogP contribution in [0.1, 0.15) is 34.1 Å². The summed E-state index contributed by atoms with van der Waals surface area (Å²) < 4.78 is 0. The standard InChI is InChI=1S/C13H22N4O/c1-5-10(4)16-12-7-6-11(8-14-12)17-13(18)15-9(2)3/h6-10H,5H2,1-4H3,(H,14,16)(H2,15,17,18). The Morgan fingerprint density at radius 1 is 1.33 bits per heavy atom. The zero-order valence-electron chi connectivity index (χ0n) is 11.4. The molecule has 0 aliphatic rings. The van der Waals surface area contributed by atoms with Gasteiger partial charge in [-0.3, -0.25) is 0 Å². The normalized spacial score (nSPS) is 12.1. The van der Waals surface area contributed by atoms with Crippen LogP contribution >= 0.6 is 0 Å². The lowest BCUT2D eigenvalue weighted by atomic mass is 10.2. The van der Waals surface area contributed by atoms with Crippen molar-refractivity contribution in [3.05, 3.63) is 18.3 Å². The van der Waals surface area contributed by atoms with Gasteiger partial charge in [-0.05, 0) is 39.3 Å². The van der Waals surface area contributed by atoms with Crippen molar-refractivity contribution in [2.24, 2.45) is 0 Å². The first kappa shape index (κ1) is 14.3. The highest BCUT2D eigenvalue weighted by Gasteiger charge is 2.04. The number of hydrogen-bond donors (Lipinski definition) is 3. The average Bonchev–Trinajstić information content (AvgIpc) is 2.30. The van der Waals surface area contributed by atoms with Gasteiger partial charge in [0, 0.05) is 12.1 Å². The summed E-state index contributed by atoms with van der Waals surface area (Å²) in [6, 6.07) is 3.98. The van der Waals surface area contributed by atoms with Crippen molar-refractivity contribution in [3.8, 4) is 0 Å². The molecule has 0 aromatic carbocycles. The minimum Gasteiger partial charge on any atom is -0.368 e. The summed E-state index contributed by atoms with van der Waals surface area (Å²) in [5.41, 5.74) is 0.683. The minimum atomic E-state index is -0.213. The topological polar surface area (TPSA) is 66.0 Å². The molecule has 1 unspecified atom stereocenters. The first-order valence-electron chi connectivity index (χ1n) is 6.31. The molecule has 1 atom stereocenters. The molecule has 0 aliphatic heterocycles. The Morgan fingerprint density at radius 3 is 2.56 bits per heavy atom. The fraction of sp³-hybridized carbons (Fsp3) is 0.538. The van der Waals surface area contributed by atoms with Crippen LogP contribution in [0.3, 0.4) is 0 Å². The number of urea groups is 1. The van der Waals surface area contributed by atoms with Crippen LogP contribution in [0.15, 0.2) is 18.3 Å². The number of hydrogen-bond acceptors (Lipinski definition) is 3. The Labute approximate surface area is 108 Å². The first-order chi connectivity index (χ1) is 8.51. The lowest BCUT2D eigenvalue weighted by Gasteiger charge is -2.13. The summed E-state index contributed by atoms with van der Waals surface area (Å²) in [6.45, 7) is 8.04. The molecule has 0 fully saturated rings. The van der Waals surface area contributed by atoms with Gasteiger partial charge in [0.2, 0.25) is 0 Å². The van der Waals surface area contributed by atoms with Gasteiger partial charge in [0.15, 0.2) is 0 Å². The second kappa shape index (κ2) is 6.83. The van der Waals surface area contributed by atoms with Gasteiger partial charge in [-0.25, -0.2) is 9.78 Å². The largest absolute Gasteiger partial charge is 0.368 e. The number of aromatic nitrogens is 1. The van der Waals surface area contributed by atoms with Crippen molar-refractivity contribution >= 4 is 17.5 Å². The summed E-state index contributed by atoms with van der Waals surface area (Å²) in [7, 11) is 0. The second-order valence-electron chi connectivity index (χ2n) is 4.64. The maximum absolute atomic E-state index is 11.5. The molecule has 0 bridgehead atoms. The van der Waals surface area contributed by atoms with E-state index in [4.69, 9.17) is 0 Å². The lowest BCUT2D eigenvalue weighted by Crippen LogP contribution is -2.34. The number of nitrogens with zero attached hydrogens (tertiary/aromatic N) is 1. The van der Waals surface area contributed by atoms with Crippen molar-refractivity contribution in [2.45, 2.75) is 46.2 Å². The molecule has 0 spiro atoms. The molecule has 100 valence electrons. The third kappa shape index (κ3) is 5.03. The van der Waals surface area contributed by atoms with Gasteiger partial charge >= 0.3 is 6.03 Å². The Bertz CT molecular complexity index is 375. The maximum atomic E-state index is 11.5. The van der Waals surface area contributed by atoms with Gasteiger partial charge in [0.05, 0.1) is 11.9 Å². The highest BCUT2D eigenvalue weighted by atomic mass is 16.2. The molecule has 5 heteroatoms. The molecule has 1 rings (SSSR count). The SMILES string of the molecule is CCC(C)Nc1ccc(NC(=O)NC(C)C)cn1. The van der Waals surface area contributed by atoms with Crippen LogP contribution in [0.25, 0.3) is 0 Å². The Morgan fingerprint density at radius 2 is 2.06 bits per heavy atom. The summed E-state index contributed by atoms with van der Waals surface area (Å²) >= 11 is 0. The van der Waals surface area contributed by atoms with E-state index in [-0.39, 0.29) is 12.1 Å². The molecule has 1 aromatic rings. The van der Waals surface area contributed by atoms with Gasteiger partial charge in [-0.1, -0.05) is 6.92 Å². The first-order valence-corrected chi connectivity index (χ1v) is 6.31. The Kier molecular flexibility index (Phi) is 5.42. The number of rotatable bonds is 5. The highest BCUT2D eigenvalue weighted by Crippen LogP contribution is 2.11. The van der Waals surface area contributed by atoms with Gasteiger partial charge in [-0.2, -0.15) is 0 Å². The maximum Gasteiger partial charge on any atom is 0.319 e. The average molecular weight is 250 g/mol. The molecule has 18 heavy (non-hydrogen) atoms. The van der Waals surface area contributed by atoms with E-state index in [0.29, 0.717) is 11.7 Å². The number of anilines is 2. The van der Waals surface area contributed by atoms with E-state index in [9.17, 15) is 4.79 Å².